The van der Waals surface area contributed by atoms with Gasteiger partial charge in [0.1, 0.15) is 28.7 Å². The zero-order valence-electron chi connectivity index (χ0n) is 21.2. The topological polar surface area (TPSA) is 90.2 Å². The smallest absolute Gasteiger partial charge is 0.339 e. The molecule has 1 aliphatic rings. The van der Waals surface area contributed by atoms with Crippen LogP contribution in [0.5, 0.6) is 11.5 Å². The van der Waals surface area contributed by atoms with Crippen LogP contribution in [0.25, 0.3) is 11.1 Å². The van der Waals surface area contributed by atoms with Gasteiger partial charge in [0, 0.05) is 24.1 Å². The molecular weight excluding hydrogens is 480 g/mol. The lowest BCUT2D eigenvalue weighted by Crippen LogP contribution is -2.43. The largest absolute Gasteiger partial charge is 0.507 e. The predicted molar refractivity (Wildman–Crippen MR) is 138 cm³/mol. The van der Waals surface area contributed by atoms with Crippen LogP contribution in [0.1, 0.15) is 41.6 Å². The second kappa shape index (κ2) is 12.2. The maximum Gasteiger partial charge on any atom is 0.339 e. The summed E-state index contributed by atoms with van der Waals surface area (Å²) in [6.45, 7) is 0.924. The lowest BCUT2D eigenvalue weighted by molar-refractivity contribution is -0.0619. The molecule has 37 heavy (non-hydrogen) atoms. The first-order chi connectivity index (χ1) is 17.5. The van der Waals surface area contributed by atoms with Crippen LogP contribution in [0.2, 0.25) is 0 Å². The van der Waals surface area contributed by atoms with E-state index < -0.39 is 29.0 Å². The van der Waals surface area contributed by atoms with Crippen molar-refractivity contribution in [3.05, 3.63) is 83.4 Å². The predicted octanol–water partition coefficient (Wildman–Crippen LogP) is 5.67. The van der Waals surface area contributed by atoms with Crippen molar-refractivity contribution in [1.29, 1.82) is 0 Å². The summed E-state index contributed by atoms with van der Waals surface area (Å²) in [6.07, 6.45) is 4.24. The number of hydrogen-bond acceptors (Lipinski definition) is 5. The van der Waals surface area contributed by atoms with Crippen molar-refractivity contribution in [1.82, 2.24) is 4.90 Å². The number of rotatable bonds is 6. The molecule has 0 heterocycles. The van der Waals surface area contributed by atoms with Gasteiger partial charge in [0.05, 0.1) is 12.7 Å². The van der Waals surface area contributed by atoms with Crippen LogP contribution < -0.4 is 4.74 Å². The van der Waals surface area contributed by atoms with Gasteiger partial charge in [-0.3, -0.25) is 0 Å². The maximum absolute atomic E-state index is 13.5. The minimum atomic E-state index is -1.32. The highest BCUT2D eigenvalue weighted by atomic mass is 19.1. The molecular formula is C29H33F2NO5. The summed E-state index contributed by atoms with van der Waals surface area (Å²) in [5.41, 5.74) is 0.271. The molecule has 0 bridgehead atoms. The number of aromatic carboxylic acids is 1. The van der Waals surface area contributed by atoms with E-state index in [0.29, 0.717) is 12.0 Å². The zero-order valence-corrected chi connectivity index (χ0v) is 21.2. The van der Waals surface area contributed by atoms with Crippen LogP contribution in [0.4, 0.5) is 8.78 Å². The SMILES string of the molecule is COc1cccc([C@]2(O)CCCC[C@H]2CN(C)C)c1.O=C(O)c1cc(-c2ccc(F)cc2F)ccc1O. The van der Waals surface area contributed by atoms with E-state index in [9.17, 15) is 23.8 Å². The number of carbonyl (C=O) groups is 1. The molecule has 1 fully saturated rings. The van der Waals surface area contributed by atoms with Crippen molar-refractivity contribution < 1.29 is 33.6 Å². The molecule has 1 saturated carbocycles. The Balaban J connectivity index is 0.000000206. The number of aromatic hydroxyl groups is 1. The third-order valence-electron chi connectivity index (χ3n) is 6.66. The Kier molecular flexibility index (Phi) is 9.23. The molecule has 0 unspecified atom stereocenters. The van der Waals surface area contributed by atoms with Gasteiger partial charge in [-0.2, -0.15) is 0 Å². The summed E-state index contributed by atoms with van der Waals surface area (Å²) >= 11 is 0. The van der Waals surface area contributed by atoms with E-state index in [0.717, 1.165) is 55.3 Å². The van der Waals surface area contributed by atoms with E-state index in [1.807, 2.05) is 24.3 Å². The van der Waals surface area contributed by atoms with E-state index in [1.54, 1.807) is 7.11 Å². The molecule has 4 rings (SSSR count). The Bertz CT molecular complexity index is 1230. The average molecular weight is 514 g/mol. The Morgan fingerprint density at radius 1 is 1.08 bits per heavy atom. The van der Waals surface area contributed by atoms with Crippen LogP contribution in [0.15, 0.2) is 60.7 Å². The van der Waals surface area contributed by atoms with Gasteiger partial charge in [-0.15, -0.1) is 0 Å². The summed E-state index contributed by atoms with van der Waals surface area (Å²) in [5, 5.41) is 29.4. The number of carboxylic acid groups (broad SMARTS) is 1. The fourth-order valence-corrected chi connectivity index (χ4v) is 4.78. The molecule has 8 heteroatoms. The summed E-state index contributed by atoms with van der Waals surface area (Å²) in [7, 11) is 5.81. The minimum absolute atomic E-state index is 0.0684. The van der Waals surface area contributed by atoms with E-state index in [-0.39, 0.29) is 16.7 Å². The van der Waals surface area contributed by atoms with Crippen molar-refractivity contribution in [2.45, 2.75) is 31.3 Å². The van der Waals surface area contributed by atoms with E-state index in [4.69, 9.17) is 9.84 Å². The molecule has 6 nitrogen and oxygen atoms in total. The van der Waals surface area contributed by atoms with Gasteiger partial charge in [0.2, 0.25) is 0 Å². The zero-order chi connectivity index (χ0) is 27.2. The fourth-order valence-electron chi connectivity index (χ4n) is 4.78. The van der Waals surface area contributed by atoms with Gasteiger partial charge >= 0.3 is 5.97 Å². The van der Waals surface area contributed by atoms with Crippen LogP contribution in [-0.2, 0) is 5.60 Å². The van der Waals surface area contributed by atoms with Crippen molar-refractivity contribution in [3.8, 4) is 22.6 Å². The summed E-state index contributed by atoms with van der Waals surface area (Å²) in [6, 6.07) is 14.5. The first kappa shape index (κ1) is 28.1. The molecule has 0 saturated heterocycles. The monoisotopic (exact) mass is 513 g/mol. The molecule has 0 aliphatic heterocycles. The van der Waals surface area contributed by atoms with Crippen LogP contribution in [0, 0.1) is 17.6 Å². The third kappa shape index (κ3) is 6.84. The number of hydrogen-bond donors (Lipinski definition) is 3. The van der Waals surface area contributed by atoms with Gasteiger partial charge in [0.15, 0.2) is 0 Å². The highest BCUT2D eigenvalue weighted by Gasteiger charge is 2.40. The normalized spacial score (nSPS) is 19.2. The van der Waals surface area contributed by atoms with Gasteiger partial charge in [-0.25, -0.2) is 13.6 Å². The Morgan fingerprint density at radius 3 is 2.49 bits per heavy atom. The van der Waals surface area contributed by atoms with Gasteiger partial charge in [0.25, 0.3) is 0 Å². The Hall–Kier alpha value is -3.49. The molecule has 3 N–H and O–H groups in total. The number of nitrogens with zero attached hydrogens (tertiary/aromatic N) is 1. The quantitative estimate of drug-likeness (QED) is 0.394. The number of methoxy groups -OCH3 is 1. The second-order valence-electron chi connectivity index (χ2n) is 9.52. The summed E-state index contributed by atoms with van der Waals surface area (Å²) < 4.78 is 31.6. The first-order valence-corrected chi connectivity index (χ1v) is 12.1. The van der Waals surface area contributed by atoms with E-state index >= 15 is 0 Å². The van der Waals surface area contributed by atoms with Gasteiger partial charge in [-0.05, 0) is 74.5 Å². The molecule has 0 radical (unpaired) electrons. The van der Waals surface area contributed by atoms with Gasteiger partial charge in [-0.1, -0.05) is 31.0 Å². The molecule has 1 aliphatic carbocycles. The van der Waals surface area contributed by atoms with Crippen LogP contribution >= 0.6 is 0 Å². The molecule has 3 aromatic carbocycles. The lowest BCUT2D eigenvalue weighted by Gasteiger charge is -2.41. The molecule has 0 amide bonds. The number of carboxylic acids is 1. The molecule has 2 atom stereocenters. The van der Waals surface area contributed by atoms with E-state index in [2.05, 4.69) is 19.0 Å². The van der Waals surface area contributed by atoms with Crippen molar-refractivity contribution in [2.24, 2.45) is 5.92 Å². The number of aliphatic hydroxyl groups is 1. The minimum Gasteiger partial charge on any atom is -0.507 e. The molecule has 198 valence electrons. The third-order valence-corrected chi connectivity index (χ3v) is 6.66. The van der Waals surface area contributed by atoms with E-state index in [1.165, 1.54) is 18.6 Å². The summed E-state index contributed by atoms with van der Waals surface area (Å²) in [4.78, 5) is 13.0. The number of ether oxygens (including phenoxy) is 1. The molecule has 0 aromatic heterocycles. The highest BCUT2D eigenvalue weighted by molar-refractivity contribution is 5.92. The average Bonchev–Trinajstić information content (AvgIpc) is 2.86. The Labute approximate surface area is 215 Å². The number of benzene rings is 3. The lowest BCUT2D eigenvalue weighted by atomic mass is 9.71. The van der Waals surface area contributed by atoms with Crippen LogP contribution in [0.3, 0.4) is 0 Å². The first-order valence-electron chi connectivity index (χ1n) is 12.1. The number of halogens is 2. The van der Waals surface area contributed by atoms with Gasteiger partial charge < -0.3 is 25.0 Å². The number of phenols is 1. The standard InChI is InChI=1S/C16H25NO2.C13H8F2O3/c1-17(2)12-14-7-4-5-10-16(14,18)13-8-6-9-15(11-13)19-3;14-8-2-3-9(11(15)6-8)7-1-4-12(16)10(5-7)13(17)18/h6,8-9,11,14,18H,4-5,7,10,12H2,1-3H3;1-6,16H,(H,17,18)/t14-,16+;/m0./s1. The Morgan fingerprint density at radius 2 is 1.84 bits per heavy atom. The maximum atomic E-state index is 13.5. The van der Waals surface area contributed by atoms with Crippen LogP contribution in [-0.4, -0.2) is 53.9 Å². The molecule has 0 spiro atoms. The molecule has 3 aromatic rings. The van der Waals surface area contributed by atoms with Crippen molar-refractivity contribution in [3.63, 3.8) is 0 Å². The van der Waals surface area contributed by atoms with Crippen molar-refractivity contribution in [2.75, 3.05) is 27.7 Å². The fraction of sp³-hybridized carbons (Fsp3) is 0.345. The summed E-state index contributed by atoms with van der Waals surface area (Å²) in [5.74, 6) is -2.13. The highest BCUT2D eigenvalue weighted by Crippen LogP contribution is 2.42. The second-order valence-corrected chi connectivity index (χ2v) is 9.52. The van der Waals surface area contributed by atoms with Crippen molar-refractivity contribution >= 4 is 5.97 Å².